The second kappa shape index (κ2) is 47.5. The Labute approximate surface area is 368 Å². The van der Waals surface area contributed by atoms with Crippen molar-refractivity contribution in [2.24, 2.45) is 5.92 Å². The standard InChI is InChI=1S/C53H102O6/c1-5-7-9-11-13-15-16-17-18-19-20-21-22-23-24-29-32-36-40-44-51(54)57-47-50(59-53(56)46-42-38-34-27-14-12-10-8-6-2)48-58-52(55)45-41-37-33-30-26-25-28-31-35-39-43-49(3)4/h49-50H,5-48H2,1-4H3/t50-/m1/s1. The van der Waals surface area contributed by atoms with Gasteiger partial charge in [0.2, 0.25) is 0 Å². The van der Waals surface area contributed by atoms with E-state index in [4.69, 9.17) is 14.2 Å². The van der Waals surface area contributed by atoms with Crippen LogP contribution in [0.3, 0.4) is 0 Å². The van der Waals surface area contributed by atoms with Crippen LogP contribution in [0.1, 0.15) is 297 Å². The van der Waals surface area contributed by atoms with E-state index >= 15 is 0 Å². The van der Waals surface area contributed by atoms with Crippen LogP contribution >= 0.6 is 0 Å². The smallest absolute Gasteiger partial charge is 0.306 e. The normalized spacial score (nSPS) is 11.9. The summed E-state index contributed by atoms with van der Waals surface area (Å²) in [5.41, 5.74) is 0. The van der Waals surface area contributed by atoms with Gasteiger partial charge in [0.15, 0.2) is 6.10 Å². The highest BCUT2D eigenvalue weighted by Crippen LogP contribution is 2.17. The van der Waals surface area contributed by atoms with Gasteiger partial charge in [-0.15, -0.1) is 0 Å². The maximum Gasteiger partial charge on any atom is 0.306 e. The molecule has 0 saturated heterocycles. The van der Waals surface area contributed by atoms with Crippen molar-refractivity contribution in [3.8, 4) is 0 Å². The minimum atomic E-state index is -0.760. The van der Waals surface area contributed by atoms with Gasteiger partial charge in [-0.05, 0) is 25.2 Å². The van der Waals surface area contributed by atoms with Crippen molar-refractivity contribution in [2.75, 3.05) is 13.2 Å². The van der Waals surface area contributed by atoms with Crippen molar-refractivity contribution in [3.05, 3.63) is 0 Å². The van der Waals surface area contributed by atoms with Crippen LogP contribution in [-0.4, -0.2) is 37.2 Å². The summed E-state index contributed by atoms with van der Waals surface area (Å²) in [4.78, 5) is 37.9. The summed E-state index contributed by atoms with van der Waals surface area (Å²) >= 11 is 0. The molecule has 0 bridgehead atoms. The van der Waals surface area contributed by atoms with E-state index in [2.05, 4.69) is 27.7 Å². The van der Waals surface area contributed by atoms with Gasteiger partial charge in [-0.1, -0.05) is 259 Å². The third-order valence-corrected chi connectivity index (χ3v) is 12.0. The summed E-state index contributed by atoms with van der Waals surface area (Å²) in [7, 11) is 0. The lowest BCUT2D eigenvalue weighted by Crippen LogP contribution is -2.30. The second-order valence-corrected chi connectivity index (χ2v) is 18.6. The Morgan fingerprint density at radius 2 is 0.559 bits per heavy atom. The maximum absolute atomic E-state index is 12.7. The van der Waals surface area contributed by atoms with E-state index < -0.39 is 6.10 Å². The summed E-state index contributed by atoms with van der Waals surface area (Å²) in [5, 5.41) is 0. The van der Waals surface area contributed by atoms with Crippen LogP contribution in [0.15, 0.2) is 0 Å². The average molecular weight is 835 g/mol. The molecule has 0 saturated carbocycles. The molecule has 0 aromatic rings. The summed E-state index contributed by atoms with van der Waals surface area (Å²) < 4.78 is 16.8. The molecular weight excluding hydrogens is 733 g/mol. The Bertz CT molecular complexity index is 887. The predicted molar refractivity (Wildman–Crippen MR) is 252 cm³/mol. The van der Waals surface area contributed by atoms with E-state index in [1.54, 1.807) is 0 Å². The van der Waals surface area contributed by atoms with Gasteiger partial charge in [-0.3, -0.25) is 14.4 Å². The van der Waals surface area contributed by atoms with Gasteiger partial charge in [0.1, 0.15) is 13.2 Å². The van der Waals surface area contributed by atoms with E-state index in [-0.39, 0.29) is 31.1 Å². The highest BCUT2D eigenvalue weighted by molar-refractivity contribution is 5.71. The lowest BCUT2D eigenvalue weighted by molar-refractivity contribution is -0.167. The molecule has 350 valence electrons. The highest BCUT2D eigenvalue weighted by atomic mass is 16.6. The van der Waals surface area contributed by atoms with Crippen molar-refractivity contribution >= 4 is 17.9 Å². The van der Waals surface area contributed by atoms with Gasteiger partial charge in [0.25, 0.3) is 0 Å². The van der Waals surface area contributed by atoms with Gasteiger partial charge in [-0.2, -0.15) is 0 Å². The van der Waals surface area contributed by atoms with Gasteiger partial charge < -0.3 is 14.2 Å². The number of hydrogen-bond acceptors (Lipinski definition) is 6. The molecule has 1 atom stereocenters. The second-order valence-electron chi connectivity index (χ2n) is 18.6. The minimum Gasteiger partial charge on any atom is -0.462 e. The molecule has 0 heterocycles. The Balaban J connectivity index is 4.19. The summed E-state index contributed by atoms with van der Waals surface area (Å²) in [5.74, 6) is -0.0290. The molecule has 0 N–H and O–H groups in total. The van der Waals surface area contributed by atoms with Crippen molar-refractivity contribution in [1.82, 2.24) is 0 Å². The number of unbranched alkanes of at least 4 members (excludes halogenated alkanes) is 35. The van der Waals surface area contributed by atoms with Crippen molar-refractivity contribution in [3.63, 3.8) is 0 Å². The Hall–Kier alpha value is -1.59. The SMILES string of the molecule is CCCCCCCCCCCCCCCCCCCCCC(=O)OC[C@H](COC(=O)CCCCCCCCCCCCC(C)C)OC(=O)CCCCCCCCCCC. The number of carbonyl (C=O) groups excluding carboxylic acids is 3. The van der Waals surface area contributed by atoms with E-state index in [0.29, 0.717) is 19.3 Å². The molecule has 0 amide bonds. The van der Waals surface area contributed by atoms with E-state index in [1.807, 2.05) is 0 Å². The van der Waals surface area contributed by atoms with Crippen LogP contribution in [0.4, 0.5) is 0 Å². The first kappa shape index (κ1) is 57.4. The Morgan fingerprint density at radius 1 is 0.322 bits per heavy atom. The largest absolute Gasteiger partial charge is 0.462 e. The van der Waals surface area contributed by atoms with E-state index in [9.17, 15) is 14.4 Å². The Morgan fingerprint density at radius 3 is 0.831 bits per heavy atom. The fraction of sp³-hybridized carbons (Fsp3) is 0.943. The lowest BCUT2D eigenvalue weighted by Gasteiger charge is -2.18. The maximum atomic E-state index is 12.7. The van der Waals surface area contributed by atoms with Crippen LogP contribution < -0.4 is 0 Å². The first-order chi connectivity index (χ1) is 28.9. The zero-order valence-electron chi connectivity index (χ0n) is 40.2. The predicted octanol–water partition coefficient (Wildman–Crippen LogP) is 17.1. The zero-order chi connectivity index (χ0) is 43.1. The van der Waals surface area contributed by atoms with Crippen molar-refractivity contribution in [1.29, 1.82) is 0 Å². The molecule has 0 aliphatic rings. The number of esters is 3. The molecule has 0 aromatic carbocycles. The number of ether oxygens (including phenoxy) is 3. The number of carbonyl (C=O) groups is 3. The average Bonchev–Trinajstić information content (AvgIpc) is 3.22. The molecule has 59 heavy (non-hydrogen) atoms. The van der Waals surface area contributed by atoms with Crippen LogP contribution in [0.5, 0.6) is 0 Å². The summed E-state index contributed by atoms with van der Waals surface area (Å²) in [6, 6.07) is 0. The Kier molecular flexibility index (Phi) is 46.2. The molecule has 6 heteroatoms. The van der Waals surface area contributed by atoms with Crippen LogP contribution in [0.25, 0.3) is 0 Å². The first-order valence-corrected chi connectivity index (χ1v) is 26.4. The van der Waals surface area contributed by atoms with Crippen LogP contribution in [0.2, 0.25) is 0 Å². The van der Waals surface area contributed by atoms with Gasteiger partial charge >= 0.3 is 17.9 Å². The molecule has 0 spiro atoms. The first-order valence-electron chi connectivity index (χ1n) is 26.4. The summed E-state index contributed by atoms with van der Waals surface area (Å²) in [6.07, 6.45) is 49.6. The van der Waals surface area contributed by atoms with Gasteiger partial charge in [-0.25, -0.2) is 0 Å². The molecular formula is C53H102O6. The molecule has 0 aliphatic heterocycles. The number of hydrogen-bond donors (Lipinski definition) is 0. The number of rotatable bonds is 48. The molecule has 0 aromatic heterocycles. The lowest BCUT2D eigenvalue weighted by atomic mass is 10.0. The fourth-order valence-electron chi connectivity index (χ4n) is 8.04. The molecule has 0 rings (SSSR count). The van der Waals surface area contributed by atoms with Crippen LogP contribution in [-0.2, 0) is 28.6 Å². The van der Waals surface area contributed by atoms with E-state index in [1.165, 1.54) is 193 Å². The van der Waals surface area contributed by atoms with Crippen molar-refractivity contribution in [2.45, 2.75) is 303 Å². The minimum absolute atomic E-state index is 0.0630. The third-order valence-electron chi connectivity index (χ3n) is 12.0. The van der Waals surface area contributed by atoms with E-state index in [0.717, 1.165) is 63.7 Å². The zero-order valence-corrected chi connectivity index (χ0v) is 40.2. The van der Waals surface area contributed by atoms with Crippen LogP contribution in [0, 0.1) is 5.92 Å². The summed E-state index contributed by atoms with van der Waals surface area (Å²) in [6.45, 7) is 9.00. The topological polar surface area (TPSA) is 78.9 Å². The van der Waals surface area contributed by atoms with Crippen molar-refractivity contribution < 1.29 is 28.6 Å². The van der Waals surface area contributed by atoms with Gasteiger partial charge in [0.05, 0.1) is 0 Å². The molecule has 6 nitrogen and oxygen atoms in total. The molecule has 0 aliphatic carbocycles. The third kappa shape index (κ3) is 47.3. The quantitative estimate of drug-likeness (QED) is 0.0345. The van der Waals surface area contributed by atoms with Gasteiger partial charge in [0, 0.05) is 19.3 Å². The molecule has 0 unspecified atom stereocenters. The molecule has 0 fully saturated rings. The fourth-order valence-corrected chi connectivity index (χ4v) is 8.04. The monoisotopic (exact) mass is 835 g/mol. The molecule has 0 radical (unpaired) electrons. The highest BCUT2D eigenvalue weighted by Gasteiger charge is 2.19.